The van der Waals surface area contributed by atoms with Crippen LogP contribution in [0, 0.1) is 12.8 Å². The largest absolute Gasteiger partial charge is 0.469 e. The zero-order valence-electron chi connectivity index (χ0n) is 11.4. The Bertz CT molecular complexity index is 448. The van der Waals surface area contributed by atoms with Crippen LogP contribution < -0.4 is 5.32 Å². The summed E-state index contributed by atoms with van der Waals surface area (Å²) in [6.45, 7) is 3.74. The molecule has 0 aliphatic rings. The second kappa shape index (κ2) is 7.84. The fourth-order valence-corrected chi connectivity index (χ4v) is 2.36. The van der Waals surface area contributed by atoms with Gasteiger partial charge in [-0.25, -0.2) is 0 Å². The highest BCUT2D eigenvalue weighted by Crippen LogP contribution is 2.14. The molecule has 0 spiro atoms. The number of hydrogen-bond acceptors (Lipinski definition) is 4. The van der Waals surface area contributed by atoms with Gasteiger partial charge < -0.3 is 10.1 Å². The van der Waals surface area contributed by atoms with Gasteiger partial charge in [-0.2, -0.15) is 11.8 Å². The van der Waals surface area contributed by atoms with Crippen LogP contribution in [0.5, 0.6) is 0 Å². The highest BCUT2D eigenvalue weighted by molar-refractivity contribution is 8.00. The molecule has 1 aromatic rings. The summed E-state index contributed by atoms with van der Waals surface area (Å²) in [5.74, 6) is 0.410. The average molecular weight is 281 g/mol. The molecule has 4 nitrogen and oxygen atoms in total. The number of amides is 1. The fourth-order valence-electron chi connectivity index (χ4n) is 1.50. The van der Waals surface area contributed by atoms with E-state index in [-0.39, 0.29) is 17.8 Å². The van der Waals surface area contributed by atoms with Crippen LogP contribution >= 0.6 is 11.8 Å². The number of carbonyl (C=O) groups excluding carboxylic acids is 2. The third kappa shape index (κ3) is 5.34. The van der Waals surface area contributed by atoms with Crippen LogP contribution in [0.3, 0.4) is 0 Å². The predicted molar refractivity (Wildman–Crippen MR) is 78.3 cm³/mol. The fraction of sp³-hybridized carbons (Fsp3) is 0.429. The Kier molecular flexibility index (Phi) is 6.42. The molecular weight excluding hydrogens is 262 g/mol. The molecule has 1 N–H and O–H groups in total. The Labute approximate surface area is 117 Å². The maximum Gasteiger partial charge on any atom is 0.309 e. The molecule has 1 amide bonds. The number of hydrogen-bond donors (Lipinski definition) is 1. The molecular formula is C14H19NO3S. The minimum absolute atomic E-state index is 0.0589. The zero-order chi connectivity index (χ0) is 14.3. The molecule has 1 atom stereocenters. The van der Waals surface area contributed by atoms with E-state index in [0.29, 0.717) is 11.5 Å². The van der Waals surface area contributed by atoms with Crippen LogP contribution in [0.1, 0.15) is 12.5 Å². The van der Waals surface area contributed by atoms with Crippen molar-refractivity contribution in [2.45, 2.75) is 13.8 Å². The number of carbonyl (C=O) groups is 2. The molecule has 0 aliphatic carbocycles. The first kappa shape index (κ1) is 15.6. The summed E-state index contributed by atoms with van der Waals surface area (Å²) in [6.07, 6.45) is 0. The second-order valence-electron chi connectivity index (χ2n) is 4.30. The van der Waals surface area contributed by atoms with E-state index in [2.05, 4.69) is 10.1 Å². The number of anilines is 1. The molecule has 1 unspecified atom stereocenters. The first-order chi connectivity index (χ1) is 9.04. The first-order valence-electron chi connectivity index (χ1n) is 6.05. The monoisotopic (exact) mass is 281 g/mol. The normalized spacial score (nSPS) is 11.7. The molecule has 0 aromatic heterocycles. The van der Waals surface area contributed by atoms with E-state index in [0.717, 1.165) is 11.3 Å². The molecule has 0 aliphatic heterocycles. The molecule has 0 fully saturated rings. The van der Waals surface area contributed by atoms with Gasteiger partial charge in [-0.15, -0.1) is 0 Å². The van der Waals surface area contributed by atoms with Gasteiger partial charge in [-0.1, -0.05) is 25.1 Å². The summed E-state index contributed by atoms with van der Waals surface area (Å²) < 4.78 is 4.63. The third-order valence-electron chi connectivity index (χ3n) is 2.62. The number of esters is 1. The van der Waals surface area contributed by atoms with E-state index < -0.39 is 0 Å². The van der Waals surface area contributed by atoms with E-state index in [9.17, 15) is 9.59 Å². The molecule has 104 valence electrons. The molecule has 0 bridgehead atoms. The molecule has 5 heteroatoms. The lowest BCUT2D eigenvalue weighted by molar-refractivity contribution is -0.144. The van der Waals surface area contributed by atoms with Crippen molar-refractivity contribution < 1.29 is 14.3 Å². The lowest BCUT2D eigenvalue weighted by Gasteiger charge is -2.10. The Hall–Kier alpha value is -1.49. The topological polar surface area (TPSA) is 55.4 Å². The van der Waals surface area contributed by atoms with Crippen molar-refractivity contribution in [3.05, 3.63) is 29.8 Å². The molecule has 19 heavy (non-hydrogen) atoms. The molecule has 1 aromatic carbocycles. The van der Waals surface area contributed by atoms with Crippen molar-refractivity contribution in [2.24, 2.45) is 5.92 Å². The van der Waals surface area contributed by atoms with Crippen molar-refractivity contribution in [1.82, 2.24) is 0 Å². The summed E-state index contributed by atoms with van der Waals surface area (Å²) in [5.41, 5.74) is 1.86. The SMILES string of the molecule is COC(=O)C(C)CSCC(=O)Nc1ccccc1C. The van der Waals surface area contributed by atoms with Gasteiger partial charge in [0.15, 0.2) is 0 Å². The Morgan fingerprint density at radius 3 is 2.68 bits per heavy atom. The van der Waals surface area contributed by atoms with Crippen LogP contribution in [0.15, 0.2) is 24.3 Å². The molecule has 0 saturated heterocycles. The second-order valence-corrected chi connectivity index (χ2v) is 5.33. The highest BCUT2D eigenvalue weighted by Gasteiger charge is 2.13. The van der Waals surface area contributed by atoms with E-state index >= 15 is 0 Å². The zero-order valence-corrected chi connectivity index (χ0v) is 12.3. The van der Waals surface area contributed by atoms with Crippen LogP contribution in [0.4, 0.5) is 5.69 Å². The van der Waals surface area contributed by atoms with Crippen molar-refractivity contribution in [3.63, 3.8) is 0 Å². The van der Waals surface area contributed by atoms with Gasteiger partial charge in [0.25, 0.3) is 0 Å². The molecule has 0 radical (unpaired) electrons. The van der Waals surface area contributed by atoms with Gasteiger partial charge in [0.2, 0.25) is 5.91 Å². The summed E-state index contributed by atoms with van der Waals surface area (Å²) in [5, 5.41) is 2.85. The van der Waals surface area contributed by atoms with Gasteiger partial charge in [0.05, 0.1) is 18.8 Å². The number of methoxy groups -OCH3 is 1. The predicted octanol–water partition coefficient (Wildman–Crippen LogP) is 2.48. The number of ether oxygens (including phenoxy) is 1. The van der Waals surface area contributed by atoms with Crippen molar-refractivity contribution in [1.29, 1.82) is 0 Å². The lowest BCUT2D eigenvalue weighted by Crippen LogP contribution is -2.18. The molecule has 0 heterocycles. The summed E-state index contributed by atoms with van der Waals surface area (Å²) in [7, 11) is 1.37. The highest BCUT2D eigenvalue weighted by atomic mass is 32.2. The Morgan fingerprint density at radius 1 is 1.37 bits per heavy atom. The number of aryl methyl sites for hydroxylation is 1. The number of nitrogens with one attached hydrogen (secondary N) is 1. The van der Waals surface area contributed by atoms with E-state index in [1.54, 1.807) is 6.92 Å². The lowest BCUT2D eigenvalue weighted by atomic mass is 10.2. The number of benzene rings is 1. The minimum Gasteiger partial charge on any atom is -0.469 e. The third-order valence-corrected chi connectivity index (χ3v) is 3.83. The van der Waals surface area contributed by atoms with E-state index in [1.807, 2.05) is 31.2 Å². The Balaban J connectivity index is 2.33. The number of para-hydroxylation sites is 1. The van der Waals surface area contributed by atoms with Gasteiger partial charge in [-0.05, 0) is 18.6 Å². The molecule has 1 rings (SSSR count). The maximum absolute atomic E-state index is 11.7. The summed E-state index contributed by atoms with van der Waals surface area (Å²) in [6, 6.07) is 7.63. The van der Waals surface area contributed by atoms with Crippen molar-refractivity contribution in [2.75, 3.05) is 23.9 Å². The average Bonchev–Trinajstić information content (AvgIpc) is 2.40. The summed E-state index contributed by atoms with van der Waals surface area (Å²) >= 11 is 1.43. The maximum atomic E-state index is 11.7. The van der Waals surface area contributed by atoms with Crippen molar-refractivity contribution in [3.8, 4) is 0 Å². The number of thioether (sulfide) groups is 1. The minimum atomic E-state index is -0.244. The summed E-state index contributed by atoms with van der Waals surface area (Å²) in [4.78, 5) is 22.9. The Morgan fingerprint density at radius 2 is 2.05 bits per heavy atom. The van der Waals surface area contributed by atoms with Crippen LogP contribution in [0.2, 0.25) is 0 Å². The van der Waals surface area contributed by atoms with Gasteiger partial charge in [-0.3, -0.25) is 9.59 Å². The van der Waals surface area contributed by atoms with Crippen LogP contribution in [-0.2, 0) is 14.3 Å². The van der Waals surface area contributed by atoms with Gasteiger partial charge in [0.1, 0.15) is 0 Å². The van der Waals surface area contributed by atoms with Gasteiger partial charge >= 0.3 is 5.97 Å². The van der Waals surface area contributed by atoms with E-state index in [4.69, 9.17) is 0 Å². The quantitative estimate of drug-likeness (QED) is 0.814. The smallest absolute Gasteiger partial charge is 0.309 e. The van der Waals surface area contributed by atoms with E-state index in [1.165, 1.54) is 18.9 Å². The first-order valence-corrected chi connectivity index (χ1v) is 7.21. The van der Waals surface area contributed by atoms with Crippen LogP contribution in [0.25, 0.3) is 0 Å². The molecule has 0 saturated carbocycles. The number of rotatable bonds is 6. The standard InChI is InChI=1S/C14H19NO3S/c1-10-6-4-5-7-12(10)15-13(16)9-19-8-11(2)14(17)18-3/h4-7,11H,8-9H2,1-3H3,(H,15,16). The van der Waals surface area contributed by atoms with Crippen molar-refractivity contribution >= 4 is 29.3 Å². The van der Waals surface area contributed by atoms with Crippen LogP contribution in [-0.4, -0.2) is 30.5 Å². The van der Waals surface area contributed by atoms with Gasteiger partial charge in [0, 0.05) is 11.4 Å².